The number of carbonyl (C=O) groups is 1. The zero-order chi connectivity index (χ0) is 21.6. The van der Waals surface area contributed by atoms with Crippen LogP contribution < -0.4 is 4.72 Å². The lowest BCUT2D eigenvalue weighted by Gasteiger charge is -2.18. The number of hydrogen-bond donors (Lipinski definition) is 1. The summed E-state index contributed by atoms with van der Waals surface area (Å²) in [6, 6.07) is 7.19. The summed E-state index contributed by atoms with van der Waals surface area (Å²) in [5.74, 6) is -3.35. The van der Waals surface area contributed by atoms with E-state index in [1.165, 1.54) is 24.3 Å². The maximum Gasteiger partial charge on any atom is 0.226 e. The van der Waals surface area contributed by atoms with Crippen LogP contribution in [0.4, 0.5) is 13.2 Å². The maximum atomic E-state index is 14.7. The first kappa shape index (κ1) is 20.9. The highest BCUT2D eigenvalue weighted by atomic mass is 32.2. The lowest BCUT2D eigenvalue weighted by molar-refractivity contribution is -0.131. The molecule has 9 heteroatoms. The Hall–Kier alpha value is -2.39. The second kappa shape index (κ2) is 7.70. The predicted molar refractivity (Wildman–Crippen MR) is 106 cm³/mol. The highest BCUT2D eigenvalue weighted by Crippen LogP contribution is 2.52. The van der Waals surface area contributed by atoms with Gasteiger partial charge in [0.2, 0.25) is 15.9 Å². The van der Waals surface area contributed by atoms with Crippen molar-refractivity contribution in [3.05, 3.63) is 59.4 Å². The molecule has 5 nitrogen and oxygen atoms in total. The van der Waals surface area contributed by atoms with Crippen molar-refractivity contribution >= 4 is 15.9 Å². The molecular weight excluding hydrogens is 417 g/mol. The Bertz CT molecular complexity index is 1090. The van der Waals surface area contributed by atoms with E-state index in [1.54, 1.807) is 4.90 Å². The number of sulfonamides is 1. The van der Waals surface area contributed by atoms with Crippen LogP contribution >= 0.6 is 0 Å². The summed E-state index contributed by atoms with van der Waals surface area (Å²) in [6.07, 6.45) is 1.95. The molecule has 1 heterocycles. The molecule has 1 amide bonds. The van der Waals surface area contributed by atoms with Gasteiger partial charge in [-0.15, -0.1) is 0 Å². The summed E-state index contributed by atoms with van der Waals surface area (Å²) < 4.78 is 68.6. The van der Waals surface area contributed by atoms with E-state index in [9.17, 15) is 26.4 Å². The van der Waals surface area contributed by atoms with E-state index in [4.69, 9.17) is 0 Å². The molecule has 30 heavy (non-hydrogen) atoms. The Morgan fingerprint density at radius 3 is 2.37 bits per heavy atom. The minimum atomic E-state index is -3.37. The second-order valence-corrected chi connectivity index (χ2v) is 9.69. The van der Waals surface area contributed by atoms with E-state index in [2.05, 4.69) is 4.72 Å². The number of rotatable bonds is 5. The largest absolute Gasteiger partial charge is 0.341 e. The second-order valence-electron chi connectivity index (χ2n) is 7.91. The van der Waals surface area contributed by atoms with Gasteiger partial charge in [-0.3, -0.25) is 4.79 Å². The average molecular weight is 438 g/mol. The fraction of sp³-hybridized carbons (Fsp3) is 0.381. The third kappa shape index (κ3) is 4.09. The fourth-order valence-corrected chi connectivity index (χ4v) is 5.07. The highest BCUT2D eigenvalue weighted by Gasteiger charge is 2.49. The van der Waals surface area contributed by atoms with Crippen LogP contribution in [0.3, 0.4) is 0 Å². The molecule has 3 atom stereocenters. The molecule has 0 spiro atoms. The van der Waals surface area contributed by atoms with Crippen molar-refractivity contribution in [1.82, 2.24) is 9.62 Å². The van der Waals surface area contributed by atoms with Crippen molar-refractivity contribution in [3.8, 4) is 11.1 Å². The topological polar surface area (TPSA) is 66.5 Å². The van der Waals surface area contributed by atoms with Crippen molar-refractivity contribution in [2.45, 2.75) is 24.8 Å². The van der Waals surface area contributed by atoms with Crippen molar-refractivity contribution in [1.29, 1.82) is 0 Å². The number of carbonyl (C=O) groups excluding carboxylic acids is 1. The number of likely N-dealkylation sites (tertiary alicyclic amines) is 1. The first-order valence-corrected chi connectivity index (χ1v) is 11.5. The number of nitrogens with zero attached hydrogens (tertiary/aromatic N) is 1. The number of benzene rings is 2. The zero-order valence-electron chi connectivity index (χ0n) is 16.2. The first-order chi connectivity index (χ1) is 14.2. The Labute approximate surface area is 172 Å². The fourth-order valence-electron chi connectivity index (χ4n) is 4.27. The molecule has 2 aliphatic rings. The summed E-state index contributed by atoms with van der Waals surface area (Å²) >= 11 is 0. The molecule has 0 bridgehead atoms. The predicted octanol–water partition coefficient (Wildman–Crippen LogP) is 3.02. The van der Waals surface area contributed by atoms with Gasteiger partial charge in [0.15, 0.2) is 0 Å². The van der Waals surface area contributed by atoms with Crippen molar-refractivity contribution in [2.24, 2.45) is 5.92 Å². The average Bonchev–Trinajstić information content (AvgIpc) is 3.30. The minimum Gasteiger partial charge on any atom is -0.341 e. The van der Waals surface area contributed by atoms with Crippen LogP contribution in [0.15, 0.2) is 36.4 Å². The van der Waals surface area contributed by atoms with Crippen LogP contribution in [0, 0.1) is 23.4 Å². The van der Waals surface area contributed by atoms with Crippen molar-refractivity contribution in [3.63, 3.8) is 0 Å². The standard InChI is InChI=1S/C21H21F3N2O3S/c1-30(28,29)25-12-8-9-26(11-12)21(27)15-10-14(15)19-13(4-2-5-16(19)22)20-17(23)6-3-7-18(20)24/h2-7,12,14-15,25H,8-11H2,1H3/t12-,14?,15?/m0/s1. The molecule has 1 saturated heterocycles. The molecule has 0 aromatic heterocycles. The third-order valence-corrected chi connectivity index (χ3v) is 6.41. The number of hydrogen-bond acceptors (Lipinski definition) is 3. The number of halogens is 3. The molecule has 2 fully saturated rings. The minimum absolute atomic E-state index is 0.115. The molecule has 2 aromatic rings. The molecule has 0 radical (unpaired) electrons. The molecule has 1 saturated carbocycles. The van der Waals surface area contributed by atoms with Crippen LogP contribution in [-0.2, 0) is 14.8 Å². The van der Waals surface area contributed by atoms with Crippen LogP contribution in [0.1, 0.15) is 24.3 Å². The van der Waals surface area contributed by atoms with Crippen LogP contribution in [0.2, 0.25) is 0 Å². The molecular formula is C21H21F3N2O3S. The van der Waals surface area contributed by atoms with Crippen LogP contribution in [-0.4, -0.2) is 44.6 Å². The van der Waals surface area contributed by atoms with Crippen molar-refractivity contribution in [2.75, 3.05) is 19.3 Å². The van der Waals surface area contributed by atoms with Gasteiger partial charge in [-0.2, -0.15) is 0 Å². The number of amides is 1. The third-order valence-electron chi connectivity index (χ3n) is 5.64. The van der Waals surface area contributed by atoms with Gasteiger partial charge in [0, 0.05) is 25.0 Å². The highest BCUT2D eigenvalue weighted by molar-refractivity contribution is 7.88. The van der Waals surface area contributed by atoms with Gasteiger partial charge in [-0.1, -0.05) is 18.2 Å². The van der Waals surface area contributed by atoms with Crippen molar-refractivity contribution < 1.29 is 26.4 Å². The van der Waals surface area contributed by atoms with E-state index in [-0.39, 0.29) is 35.2 Å². The maximum absolute atomic E-state index is 14.7. The van der Waals surface area contributed by atoms with Gasteiger partial charge >= 0.3 is 0 Å². The zero-order valence-corrected chi connectivity index (χ0v) is 17.1. The normalized spacial score (nSPS) is 23.6. The van der Waals surface area contributed by atoms with Gasteiger partial charge in [0.05, 0.1) is 11.8 Å². The summed E-state index contributed by atoms with van der Waals surface area (Å²) in [7, 11) is -3.37. The lowest BCUT2D eigenvalue weighted by atomic mass is 9.94. The van der Waals surface area contributed by atoms with E-state index < -0.39 is 39.3 Å². The molecule has 1 aliphatic heterocycles. The van der Waals surface area contributed by atoms with E-state index in [0.717, 1.165) is 18.4 Å². The Morgan fingerprint density at radius 2 is 1.70 bits per heavy atom. The quantitative estimate of drug-likeness (QED) is 0.781. The molecule has 160 valence electrons. The summed E-state index contributed by atoms with van der Waals surface area (Å²) in [5.41, 5.74) is -0.0440. The summed E-state index contributed by atoms with van der Waals surface area (Å²) in [4.78, 5) is 14.4. The SMILES string of the molecule is CS(=O)(=O)N[C@H]1CCN(C(=O)C2CC2c2c(F)cccc2-c2c(F)cccc2F)C1. The smallest absolute Gasteiger partial charge is 0.226 e. The van der Waals surface area contributed by atoms with Gasteiger partial charge in [-0.25, -0.2) is 26.3 Å². The first-order valence-electron chi connectivity index (χ1n) is 9.64. The molecule has 2 aromatic carbocycles. The van der Waals surface area contributed by atoms with Crippen LogP contribution in [0.25, 0.3) is 11.1 Å². The van der Waals surface area contributed by atoms with Gasteiger partial charge < -0.3 is 4.90 Å². The lowest BCUT2D eigenvalue weighted by Crippen LogP contribution is -2.38. The van der Waals surface area contributed by atoms with Gasteiger partial charge in [0.25, 0.3) is 0 Å². The van der Waals surface area contributed by atoms with Gasteiger partial charge in [0.1, 0.15) is 17.5 Å². The summed E-state index contributed by atoms with van der Waals surface area (Å²) in [5, 5.41) is 0. The number of nitrogens with one attached hydrogen (secondary N) is 1. The monoisotopic (exact) mass is 438 g/mol. The molecule has 1 N–H and O–H groups in total. The van der Waals surface area contributed by atoms with E-state index >= 15 is 0 Å². The van der Waals surface area contributed by atoms with Crippen LogP contribution in [0.5, 0.6) is 0 Å². The van der Waals surface area contributed by atoms with E-state index in [0.29, 0.717) is 19.4 Å². The van der Waals surface area contributed by atoms with Gasteiger partial charge in [-0.05, 0) is 48.1 Å². The van der Waals surface area contributed by atoms with E-state index in [1.807, 2.05) is 0 Å². The Morgan fingerprint density at radius 1 is 1.07 bits per heavy atom. The molecule has 2 unspecified atom stereocenters. The molecule has 1 aliphatic carbocycles. The Balaban J connectivity index is 1.56. The molecule has 4 rings (SSSR count). The Kier molecular flexibility index (Phi) is 5.36. The summed E-state index contributed by atoms with van der Waals surface area (Å²) in [6.45, 7) is 0.655.